The average Bonchev–Trinajstić information content (AvgIpc) is 3.03. The Balaban J connectivity index is 1.65. The highest BCUT2D eigenvalue weighted by Crippen LogP contribution is 2.30. The zero-order valence-corrected chi connectivity index (χ0v) is 16.2. The number of anilines is 2. The van der Waals surface area contributed by atoms with Crippen LogP contribution in [0.15, 0.2) is 53.5 Å². The normalized spacial score (nSPS) is 13.5. The number of ether oxygens (including phenoxy) is 1. The summed E-state index contributed by atoms with van der Waals surface area (Å²) in [6.45, 7) is 2.43. The van der Waals surface area contributed by atoms with Gasteiger partial charge in [0, 0.05) is 0 Å². The van der Waals surface area contributed by atoms with Gasteiger partial charge >= 0.3 is 0 Å². The summed E-state index contributed by atoms with van der Waals surface area (Å²) in [6.07, 6.45) is 0. The highest BCUT2D eigenvalue weighted by atomic mass is 35.5. The summed E-state index contributed by atoms with van der Waals surface area (Å²) in [5, 5.41) is 3.74. The van der Waals surface area contributed by atoms with Gasteiger partial charge in [-0.15, -0.1) is 0 Å². The first-order chi connectivity index (χ1) is 13.1. The number of carbonyl (C=O) groups excluding carboxylic acids is 2. The van der Waals surface area contributed by atoms with Crippen molar-refractivity contribution in [1.29, 1.82) is 0 Å². The molecule has 0 unspecified atom stereocenters. The van der Waals surface area contributed by atoms with Crippen LogP contribution in [0.5, 0.6) is 5.75 Å². The largest absolute Gasteiger partial charge is 0.492 e. The van der Waals surface area contributed by atoms with E-state index in [1.165, 1.54) is 16.7 Å². The number of hydrogen-bond donors (Lipinski definition) is 1. The minimum absolute atomic E-state index is 0.0440. The van der Waals surface area contributed by atoms with Gasteiger partial charge in [-0.05, 0) is 31.2 Å². The van der Waals surface area contributed by atoms with Crippen LogP contribution < -0.4 is 15.0 Å². The molecule has 0 aliphatic carbocycles. The van der Waals surface area contributed by atoms with Gasteiger partial charge < -0.3 is 10.1 Å². The van der Waals surface area contributed by atoms with Crippen LogP contribution in [0.1, 0.15) is 6.92 Å². The summed E-state index contributed by atoms with van der Waals surface area (Å²) in [5.74, 6) is 0.332. The zero-order chi connectivity index (χ0) is 19.2. The van der Waals surface area contributed by atoms with E-state index in [2.05, 4.69) is 10.3 Å². The molecule has 2 aromatic rings. The third-order valence-electron chi connectivity index (χ3n) is 3.68. The molecular formula is C19H18ClN3O3S. The number of aliphatic imine (C=N–C) groups is 1. The van der Waals surface area contributed by atoms with Gasteiger partial charge in [-0.1, -0.05) is 47.6 Å². The second kappa shape index (κ2) is 8.92. The molecule has 3 rings (SSSR count). The second-order valence-corrected chi connectivity index (χ2v) is 6.90. The maximum Gasteiger partial charge on any atom is 0.254 e. The van der Waals surface area contributed by atoms with Crippen LogP contribution >= 0.6 is 23.4 Å². The first-order valence-electron chi connectivity index (χ1n) is 8.36. The number of benzene rings is 2. The standard InChI is InChI=1S/C19H18ClN3O3S/c1-2-26-16-10-6-4-8-14(16)22-17(24)12-27-19-21-11-18(25)23(19)15-9-5-3-7-13(15)20/h3-10H,2,11-12H2,1H3,(H,22,24). The minimum atomic E-state index is -0.215. The van der Waals surface area contributed by atoms with Crippen molar-refractivity contribution in [2.45, 2.75) is 6.92 Å². The summed E-state index contributed by atoms with van der Waals surface area (Å²) < 4.78 is 5.51. The summed E-state index contributed by atoms with van der Waals surface area (Å²) >= 11 is 7.39. The first kappa shape index (κ1) is 19.3. The molecule has 0 fully saturated rings. The molecule has 2 amide bonds. The van der Waals surface area contributed by atoms with E-state index in [0.29, 0.717) is 33.9 Å². The van der Waals surface area contributed by atoms with E-state index in [1.54, 1.807) is 36.4 Å². The Morgan fingerprint density at radius 2 is 2.00 bits per heavy atom. The minimum Gasteiger partial charge on any atom is -0.492 e. The lowest BCUT2D eigenvalue weighted by molar-refractivity contribution is -0.116. The maximum atomic E-state index is 12.3. The Hall–Kier alpha value is -2.51. The number of amides is 2. The molecule has 0 saturated carbocycles. The van der Waals surface area contributed by atoms with Crippen molar-refractivity contribution in [3.63, 3.8) is 0 Å². The van der Waals surface area contributed by atoms with E-state index in [0.717, 1.165) is 0 Å². The van der Waals surface area contributed by atoms with Crippen molar-refractivity contribution in [2.75, 3.05) is 29.1 Å². The van der Waals surface area contributed by atoms with Crippen molar-refractivity contribution in [2.24, 2.45) is 4.99 Å². The number of amidine groups is 1. The quantitative estimate of drug-likeness (QED) is 0.796. The van der Waals surface area contributed by atoms with Crippen LogP contribution in [-0.4, -0.2) is 35.9 Å². The van der Waals surface area contributed by atoms with Crippen LogP contribution in [-0.2, 0) is 9.59 Å². The van der Waals surface area contributed by atoms with E-state index in [4.69, 9.17) is 16.3 Å². The summed E-state index contributed by atoms with van der Waals surface area (Å²) in [7, 11) is 0. The Morgan fingerprint density at radius 3 is 2.78 bits per heavy atom. The average molecular weight is 404 g/mol. The number of carbonyl (C=O) groups is 2. The van der Waals surface area contributed by atoms with Crippen LogP contribution in [0, 0.1) is 0 Å². The van der Waals surface area contributed by atoms with E-state index >= 15 is 0 Å². The SMILES string of the molecule is CCOc1ccccc1NC(=O)CSC1=NCC(=O)N1c1ccccc1Cl. The van der Waals surface area contributed by atoms with Crippen molar-refractivity contribution < 1.29 is 14.3 Å². The summed E-state index contributed by atoms with van der Waals surface area (Å²) in [5.41, 5.74) is 1.17. The van der Waals surface area contributed by atoms with E-state index in [-0.39, 0.29) is 24.1 Å². The van der Waals surface area contributed by atoms with Crippen molar-refractivity contribution in [3.8, 4) is 5.75 Å². The van der Waals surface area contributed by atoms with Crippen LogP contribution in [0.2, 0.25) is 5.02 Å². The highest BCUT2D eigenvalue weighted by molar-refractivity contribution is 8.14. The molecule has 0 atom stereocenters. The molecule has 1 aliphatic rings. The van der Waals surface area contributed by atoms with Gasteiger partial charge in [0.05, 0.1) is 28.8 Å². The van der Waals surface area contributed by atoms with Crippen molar-refractivity contribution in [1.82, 2.24) is 0 Å². The molecule has 0 saturated heterocycles. The fourth-order valence-electron chi connectivity index (χ4n) is 2.53. The van der Waals surface area contributed by atoms with Gasteiger partial charge in [-0.3, -0.25) is 19.5 Å². The van der Waals surface area contributed by atoms with Gasteiger partial charge in [-0.25, -0.2) is 0 Å². The topological polar surface area (TPSA) is 71.0 Å². The molecule has 1 N–H and O–H groups in total. The Bertz CT molecular complexity index is 888. The molecule has 1 heterocycles. The fraction of sp³-hybridized carbons (Fsp3) is 0.211. The van der Waals surface area contributed by atoms with Gasteiger partial charge in [0.25, 0.3) is 5.91 Å². The lowest BCUT2D eigenvalue weighted by atomic mass is 10.3. The van der Waals surface area contributed by atoms with Gasteiger partial charge in [0.15, 0.2) is 5.17 Å². The van der Waals surface area contributed by atoms with Crippen molar-refractivity contribution in [3.05, 3.63) is 53.6 Å². The number of hydrogen-bond acceptors (Lipinski definition) is 5. The van der Waals surface area contributed by atoms with Crippen LogP contribution in [0.25, 0.3) is 0 Å². The molecule has 0 spiro atoms. The van der Waals surface area contributed by atoms with Crippen molar-refractivity contribution >= 4 is 51.7 Å². The molecular weight excluding hydrogens is 386 g/mol. The van der Waals surface area contributed by atoms with Gasteiger partial charge in [0.2, 0.25) is 5.91 Å². The van der Waals surface area contributed by atoms with Crippen LogP contribution in [0.4, 0.5) is 11.4 Å². The second-order valence-electron chi connectivity index (χ2n) is 5.55. The zero-order valence-electron chi connectivity index (χ0n) is 14.6. The van der Waals surface area contributed by atoms with Gasteiger partial charge in [-0.2, -0.15) is 0 Å². The molecule has 0 radical (unpaired) electrons. The third kappa shape index (κ3) is 4.61. The number of halogens is 1. The van der Waals surface area contributed by atoms with Crippen LogP contribution in [0.3, 0.4) is 0 Å². The molecule has 140 valence electrons. The number of para-hydroxylation sites is 3. The monoisotopic (exact) mass is 403 g/mol. The Kier molecular flexibility index (Phi) is 6.36. The maximum absolute atomic E-state index is 12.3. The summed E-state index contributed by atoms with van der Waals surface area (Å²) in [6, 6.07) is 14.3. The Morgan fingerprint density at radius 1 is 1.26 bits per heavy atom. The molecule has 0 aromatic heterocycles. The number of rotatable bonds is 6. The lowest BCUT2D eigenvalue weighted by Gasteiger charge is -2.19. The predicted octanol–water partition coefficient (Wildman–Crippen LogP) is 3.81. The molecule has 2 aromatic carbocycles. The van der Waals surface area contributed by atoms with E-state index in [1.807, 2.05) is 19.1 Å². The molecule has 6 nitrogen and oxygen atoms in total. The molecule has 27 heavy (non-hydrogen) atoms. The Labute approximate surface area is 166 Å². The lowest BCUT2D eigenvalue weighted by Crippen LogP contribution is -2.31. The first-order valence-corrected chi connectivity index (χ1v) is 9.73. The molecule has 0 bridgehead atoms. The predicted molar refractivity (Wildman–Crippen MR) is 110 cm³/mol. The fourth-order valence-corrected chi connectivity index (χ4v) is 3.57. The number of nitrogens with zero attached hydrogens (tertiary/aromatic N) is 2. The molecule has 1 aliphatic heterocycles. The highest BCUT2D eigenvalue weighted by Gasteiger charge is 2.29. The number of thioether (sulfide) groups is 1. The van der Waals surface area contributed by atoms with Gasteiger partial charge in [0.1, 0.15) is 12.3 Å². The van der Waals surface area contributed by atoms with E-state index in [9.17, 15) is 9.59 Å². The van der Waals surface area contributed by atoms with E-state index < -0.39 is 0 Å². The third-order valence-corrected chi connectivity index (χ3v) is 4.97. The molecule has 8 heteroatoms. The smallest absolute Gasteiger partial charge is 0.254 e. The summed E-state index contributed by atoms with van der Waals surface area (Å²) in [4.78, 5) is 30.2. The number of nitrogens with one attached hydrogen (secondary N) is 1.